The number of nitrogens with zero attached hydrogens (tertiary/aromatic N) is 2. The maximum Gasteiger partial charge on any atom is 0.264 e. The summed E-state index contributed by atoms with van der Waals surface area (Å²) in [6.07, 6.45) is 1.88. The van der Waals surface area contributed by atoms with Gasteiger partial charge in [0.25, 0.3) is 10.0 Å². The molecule has 1 atom stereocenters. The zero-order valence-corrected chi connectivity index (χ0v) is 27.8. The molecule has 0 heterocycles. The van der Waals surface area contributed by atoms with E-state index in [2.05, 4.69) is 5.32 Å². The Morgan fingerprint density at radius 2 is 1.42 bits per heavy atom. The van der Waals surface area contributed by atoms with Gasteiger partial charge in [-0.1, -0.05) is 96.7 Å². The Morgan fingerprint density at radius 1 is 0.778 bits per heavy atom. The first-order valence-corrected chi connectivity index (χ1v) is 17.1. The molecule has 0 fully saturated rings. The molecular weight excluding hydrogens is 653 g/mol. The van der Waals surface area contributed by atoms with Crippen LogP contribution in [0.5, 0.6) is 0 Å². The van der Waals surface area contributed by atoms with Gasteiger partial charge in [0, 0.05) is 34.6 Å². The molecule has 1 N–H and O–H groups in total. The van der Waals surface area contributed by atoms with E-state index in [1.54, 1.807) is 42.5 Å². The van der Waals surface area contributed by atoms with Gasteiger partial charge < -0.3 is 10.2 Å². The van der Waals surface area contributed by atoms with Gasteiger partial charge in [-0.3, -0.25) is 13.9 Å². The maximum atomic E-state index is 14.4. The summed E-state index contributed by atoms with van der Waals surface area (Å²) < 4.78 is 29.1. The average molecular weight is 687 g/mol. The van der Waals surface area contributed by atoms with Gasteiger partial charge in [0.15, 0.2) is 0 Å². The highest BCUT2D eigenvalue weighted by molar-refractivity contribution is 7.92. The predicted molar refractivity (Wildman–Crippen MR) is 181 cm³/mol. The molecule has 0 bridgehead atoms. The van der Waals surface area contributed by atoms with Crippen LogP contribution in [0, 0.1) is 0 Å². The van der Waals surface area contributed by atoms with Crippen molar-refractivity contribution < 1.29 is 18.0 Å². The lowest BCUT2D eigenvalue weighted by Gasteiger charge is -2.34. The SMILES string of the molecule is CCCCNC(=O)[C@@H](Cc1ccccc1)N(Cc1ccc(Cl)cc1)C(=O)CN(c1cccc(Cl)c1)S(=O)(=O)c1ccc(Cl)cc1. The molecule has 0 aromatic heterocycles. The van der Waals surface area contributed by atoms with E-state index in [0.29, 0.717) is 21.6 Å². The summed E-state index contributed by atoms with van der Waals surface area (Å²) in [7, 11) is -4.27. The number of halogens is 3. The van der Waals surface area contributed by atoms with Crippen LogP contribution in [-0.2, 0) is 32.6 Å². The minimum Gasteiger partial charge on any atom is -0.354 e. The van der Waals surface area contributed by atoms with Crippen molar-refractivity contribution in [1.29, 1.82) is 0 Å². The largest absolute Gasteiger partial charge is 0.354 e. The molecular formula is C34H34Cl3N3O4S. The Kier molecular flexibility index (Phi) is 12.3. The second kappa shape index (κ2) is 16.1. The van der Waals surface area contributed by atoms with Gasteiger partial charge >= 0.3 is 0 Å². The Balaban J connectivity index is 1.78. The van der Waals surface area contributed by atoms with E-state index in [1.165, 1.54) is 35.2 Å². The summed E-state index contributed by atoms with van der Waals surface area (Å²) in [6, 6.07) is 27.4. The number of unbranched alkanes of at least 4 members (excludes halogenated alkanes) is 1. The quantitative estimate of drug-likeness (QED) is 0.140. The van der Waals surface area contributed by atoms with Crippen molar-refractivity contribution in [1.82, 2.24) is 10.2 Å². The van der Waals surface area contributed by atoms with Crippen molar-refractivity contribution in [2.24, 2.45) is 0 Å². The highest BCUT2D eigenvalue weighted by Gasteiger charge is 2.34. The van der Waals surface area contributed by atoms with E-state index in [4.69, 9.17) is 34.8 Å². The molecule has 0 aliphatic rings. The van der Waals surface area contributed by atoms with Crippen LogP contribution >= 0.6 is 34.8 Å². The number of anilines is 1. The van der Waals surface area contributed by atoms with Crippen molar-refractivity contribution in [3.63, 3.8) is 0 Å². The molecule has 0 saturated heterocycles. The number of hydrogen-bond acceptors (Lipinski definition) is 4. The standard InChI is InChI=1S/C34H34Cl3N3O4S/c1-2-3-20-38-34(42)32(21-25-8-5-4-6-9-25)39(23-26-12-14-27(35)15-13-26)33(41)24-40(30-11-7-10-29(37)22-30)45(43,44)31-18-16-28(36)17-19-31/h4-19,22,32H,2-3,20-21,23-24H2,1H3,(H,38,42)/t32-/m1/s1. The Bertz CT molecular complexity index is 1690. The van der Waals surface area contributed by atoms with Crippen molar-refractivity contribution in [2.75, 3.05) is 17.4 Å². The zero-order valence-electron chi connectivity index (χ0n) is 24.7. The molecule has 0 radical (unpaired) electrons. The molecule has 0 aliphatic heterocycles. The van der Waals surface area contributed by atoms with Crippen LogP contribution < -0.4 is 9.62 Å². The summed E-state index contributed by atoms with van der Waals surface area (Å²) in [5.41, 5.74) is 1.77. The van der Waals surface area contributed by atoms with Crippen LogP contribution in [0.3, 0.4) is 0 Å². The number of amides is 2. The first kappa shape index (κ1) is 34.3. The van der Waals surface area contributed by atoms with Crippen LogP contribution in [0.4, 0.5) is 5.69 Å². The number of carbonyl (C=O) groups is 2. The molecule has 0 saturated carbocycles. The van der Waals surface area contributed by atoms with E-state index >= 15 is 0 Å². The molecule has 4 aromatic rings. The summed E-state index contributed by atoms with van der Waals surface area (Å²) in [5.74, 6) is -0.904. The fourth-order valence-corrected chi connectivity index (χ4v) is 6.58. The fourth-order valence-electron chi connectivity index (χ4n) is 4.74. The van der Waals surface area contributed by atoms with Crippen LogP contribution in [0.15, 0.2) is 108 Å². The lowest BCUT2D eigenvalue weighted by atomic mass is 10.0. The molecule has 2 amide bonds. The first-order valence-electron chi connectivity index (χ1n) is 14.5. The summed E-state index contributed by atoms with van der Waals surface area (Å²) in [6.45, 7) is 1.92. The maximum absolute atomic E-state index is 14.4. The Hall–Kier alpha value is -3.56. The van der Waals surface area contributed by atoms with E-state index in [1.807, 2.05) is 37.3 Å². The molecule has 0 aliphatic carbocycles. The lowest BCUT2D eigenvalue weighted by Crippen LogP contribution is -2.53. The lowest BCUT2D eigenvalue weighted by molar-refractivity contribution is -0.140. The van der Waals surface area contributed by atoms with Crippen LogP contribution in [-0.4, -0.2) is 44.3 Å². The van der Waals surface area contributed by atoms with Crippen molar-refractivity contribution in [3.05, 3.63) is 129 Å². The summed E-state index contributed by atoms with van der Waals surface area (Å²) in [4.78, 5) is 29.6. The number of carbonyl (C=O) groups excluding carboxylic acids is 2. The summed E-state index contributed by atoms with van der Waals surface area (Å²) in [5, 5.41) is 4.16. The van der Waals surface area contributed by atoms with E-state index in [0.717, 1.165) is 28.3 Å². The minimum absolute atomic E-state index is 0.0408. The second-order valence-corrected chi connectivity index (χ2v) is 13.6. The van der Waals surface area contributed by atoms with Gasteiger partial charge in [0.2, 0.25) is 11.8 Å². The normalized spacial score (nSPS) is 11.9. The number of sulfonamides is 1. The Labute approximate surface area is 279 Å². The van der Waals surface area contributed by atoms with Gasteiger partial charge in [-0.15, -0.1) is 0 Å². The van der Waals surface area contributed by atoms with E-state index in [-0.39, 0.29) is 29.5 Å². The van der Waals surface area contributed by atoms with Crippen LogP contribution in [0.2, 0.25) is 15.1 Å². The van der Waals surface area contributed by atoms with Crippen molar-refractivity contribution in [3.8, 4) is 0 Å². The predicted octanol–water partition coefficient (Wildman–Crippen LogP) is 7.40. The Morgan fingerprint density at radius 3 is 2.04 bits per heavy atom. The first-order chi connectivity index (χ1) is 21.6. The molecule has 0 spiro atoms. The minimum atomic E-state index is -4.27. The fraction of sp³-hybridized carbons (Fsp3) is 0.235. The zero-order chi connectivity index (χ0) is 32.4. The monoisotopic (exact) mass is 685 g/mol. The average Bonchev–Trinajstić information content (AvgIpc) is 3.03. The third-order valence-corrected chi connectivity index (χ3v) is 9.67. The van der Waals surface area contributed by atoms with Crippen molar-refractivity contribution in [2.45, 2.75) is 43.7 Å². The number of hydrogen-bond donors (Lipinski definition) is 1. The molecule has 7 nitrogen and oxygen atoms in total. The molecule has 4 aromatic carbocycles. The number of benzene rings is 4. The smallest absolute Gasteiger partial charge is 0.264 e. The second-order valence-electron chi connectivity index (χ2n) is 10.4. The number of nitrogens with one attached hydrogen (secondary N) is 1. The topological polar surface area (TPSA) is 86.8 Å². The van der Waals surface area contributed by atoms with Gasteiger partial charge in [-0.25, -0.2) is 8.42 Å². The molecule has 11 heteroatoms. The van der Waals surface area contributed by atoms with E-state index in [9.17, 15) is 18.0 Å². The third-order valence-electron chi connectivity index (χ3n) is 7.14. The van der Waals surface area contributed by atoms with Gasteiger partial charge in [-0.05, 0) is 72.1 Å². The molecule has 0 unspecified atom stereocenters. The van der Waals surface area contributed by atoms with Crippen molar-refractivity contribution >= 4 is 62.3 Å². The van der Waals surface area contributed by atoms with E-state index < -0.39 is 28.5 Å². The third kappa shape index (κ3) is 9.47. The highest BCUT2D eigenvalue weighted by Crippen LogP contribution is 2.28. The number of rotatable bonds is 14. The highest BCUT2D eigenvalue weighted by atomic mass is 35.5. The van der Waals surface area contributed by atoms with Gasteiger partial charge in [-0.2, -0.15) is 0 Å². The summed E-state index contributed by atoms with van der Waals surface area (Å²) >= 11 is 18.4. The van der Waals surface area contributed by atoms with Crippen LogP contribution in [0.25, 0.3) is 0 Å². The molecule has 236 valence electrons. The van der Waals surface area contributed by atoms with Gasteiger partial charge in [0.1, 0.15) is 12.6 Å². The molecule has 45 heavy (non-hydrogen) atoms. The molecule has 4 rings (SSSR count). The van der Waals surface area contributed by atoms with Crippen LogP contribution in [0.1, 0.15) is 30.9 Å². The van der Waals surface area contributed by atoms with Gasteiger partial charge in [0.05, 0.1) is 10.6 Å².